The number of thioether (sulfide) groups is 2. The lowest BCUT2D eigenvalue weighted by Gasteiger charge is -2.14. The minimum Gasteiger partial charge on any atom is -0.378 e. The summed E-state index contributed by atoms with van der Waals surface area (Å²) in [7, 11) is 3.93. The van der Waals surface area contributed by atoms with Crippen LogP contribution in [-0.4, -0.2) is 47.1 Å². The van der Waals surface area contributed by atoms with Gasteiger partial charge in [0.2, 0.25) is 11.8 Å². The zero-order valence-electron chi connectivity index (χ0n) is 14.1. The van der Waals surface area contributed by atoms with Gasteiger partial charge in [0.05, 0.1) is 11.0 Å². The van der Waals surface area contributed by atoms with E-state index in [-0.39, 0.29) is 16.9 Å². The average molecular weight is 398 g/mol. The third kappa shape index (κ3) is 6.22. The maximum Gasteiger partial charge on any atom is 0.237 e. The van der Waals surface area contributed by atoms with Crippen molar-refractivity contribution in [2.75, 3.05) is 30.1 Å². The number of aromatic nitrogens is 2. The lowest BCUT2D eigenvalue weighted by Crippen LogP contribution is -2.22. The van der Waals surface area contributed by atoms with Crippen molar-refractivity contribution < 1.29 is 9.59 Å². The first-order valence-corrected chi connectivity index (χ1v) is 10.0. The summed E-state index contributed by atoms with van der Waals surface area (Å²) in [5, 5.41) is 10.6. The molecule has 10 heteroatoms. The zero-order valence-corrected chi connectivity index (χ0v) is 16.5. The number of rotatable bonds is 8. The Bertz CT molecular complexity index is 733. The smallest absolute Gasteiger partial charge is 0.237 e. The van der Waals surface area contributed by atoms with Gasteiger partial charge in [0.15, 0.2) is 8.68 Å². The van der Waals surface area contributed by atoms with E-state index in [1.165, 1.54) is 34.9 Å². The Morgan fingerprint density at radius 1 is 1.24 bits per heavy atom. The molecule has 0 aliphatic heterocycles. The maximum absolute atomic E-state index is 12.3. The molecule has 0 unspecified atom stereocenters. The Morgan fingerprint density at radius 3 is 2.48 bits per heavy atom. The first-order valence-electron chi connectivity index (χ1n) is 7.34. The highest BCUT2D eigenvalue weighted by atomic mass is 32.2. The van der Waals surface area contributed by atoms with Crippen molar-refractivity contribution in [3.05, 3.63) is 24.3 Å². The normalized spacial score (nSPS) is 11.8. The molecular formula is C15H19N5O2S3. The fourth-order valence-electron chi connectivity index (χ4n) is 1.73. The van der Waals surface area contributed by atoms with Crippen LogP contribution in [0.4, 0.5) is 11.4 Å². The van der Waals surface area contributed by atoms with Crippen LogP contribution in [0.2, 0.25) is 0 Å². The molecule has 25 heavy (non-hydrogen) atoms. The van der Waals surface area contributed by atoms with Gasteiger partial charge in [-0.25, -0.2) is 0 Å². The fraction of sp³-hybridized carbons (Fsp3) is 0.333. The second-order valence-electron chi connectivity index (χ2n) is 5.28. The van der Waals surface area contributed by atoms with Gasteiger partial charge in [0.25, 0.3) is 0 Å². The van der Waals surface area contributed by atoms with E-state index in [0.29, 0.717) is 8.68 Å². The summed E-state index contributed by atoms with van der Waals surface area (Å²) >= 11 is 3.92. The lowest BCUT2D eigenvalue weighted by molar-refractivity contribution is -0.116. The van der Waals surface area contributed by atoms with Crippen molar-refractivity contribution in [3.63, 3.8) is 0 Å². The Kier molecular flexibility index (Phi) is 7.09. The molecule has 0 aliphatic carbocycles. The van der Waals surface area contributed by atoms with Crippen LogP contribution in [0.25, 0.3) is 0 Å². The monoisotopic (exact) mass is 397 g/mol. The third-order valence-corrected chi connectivity index (χ3v) is 6.29. The van der Waals surface area contributed by atoms with E-state index in [2.05, 4.69) is 15.5 Å². The topological polar surface area (TPSA) is 101 Å². The van der Waals surface area contributed by atoms with Gasteiger partial charge >= 0.3 is 0 Å². The van der Waals surface area contributed by atoms with Crippen molar-refractivity contribution in [1.82, 2.24) is 10.2 Å². The molecule has 0 bridgehead atoms. The molecule has 0 aliphatic rings. The summed E-state index contributed by atoms with van der Waals surface area (Å²) < 4.78 is 1.34. The van der Waals surface area contributed by atoms with Crippen molar-refractivity contribution in [3.8, 4) is 0 Å². The minimum absolute atomic E-state index is 0.107. The van der Waals surface area contributed by atoms with Crippen molar-refractivity contribution in [2.45, 2.75) is 20.9 Å². The molecule has 1 aromatic heterocycles. The van der Waals surface area contributed by atoms with E-state index in [4.69, 9.17) is 5.73 Å². The highest BCUT2D eigenvalue weighted by molar-refractivity contribution is 8.04. The number of hydrogen-bond acceptors (Lipinski definition) is 8. The zero-order chi connectivity index (χ0) is 18.4. The quantitative estimate of drug-likeness (QED) is 0.659. The number of benzene rings is 1. The number of nitrogens with zero attached hydrogens (tertiary/aromatic N) is 3. The highest BCUT2D eigenvalue weighted by Gasteiger charge is 2.17. The van der Waals surface area contributed by atoms with Crippen LogP contribution in [0.1, 0.15) is 6.92 Å². The molecule has 2 amide bonds. The number of carbonyl (C=O) groups excluding carboxylic acids is 2. The Morgan fingerprint density at radius 2 is 1.88 bits per heavy atom. The Labute approximate surface area is 158 Å². The van der Waals surface area contributed by atoms with Gasteiger partial charge in [0, 0.05) is 25.5 Å². The van der Waals surface area contributed by atoms with Crippen molar-refractivity contribution >= 4 is 58.0 Å². The van der Waals surface area contributed by atoms with E-state index in [9.17, 15) is 9.59 Å². The number of anilines is 2. The first-order chi connectivity index (χ1) is 11.8. The van der Waals surface area contributed by atoms with Gasteiger partial charge in [0.1, 0.15) is 0 Å². The molecule has 1 aromatic carbocycles. The molecule has 0 spiro atoms. The van der Waals surface area contributed by atoms with E-state index in [1.807, 2.05) is 50.2 Å². The third-order valence-electron chi connectivity index (χ3n) is 3.02. The SMILES string of the molecule is C[C@@H](Sc1nnc(SCC(N)=O)s1)C(=O)Nc1ccc(N(C)C)cc1. The molecule has 7 nitrogen and oxygen atoms in total. The van der Waals surface area contributed by atoms with E-state index >= 15 is 0 Å². The van der Waals surface area contributed by atoms with Gasteiger partial charge in [-0.2, -0.15) is 0 Å². The molecule has 1 heterocycles. The van der Waals surface area contributed by atoms with E-state index in [1.54, 1.807) is 0 Å². The standard InChI is InChI=1S/C15H19N5O2S3/c1-9(24-15-19-18-14(25-15)23-8-12(16)21)13(22)17-10-4-6-11(7-5-10)20(2)3/h4-7,9H,8H2,1-3H3,(H2,16,21)(H,17,22)/t9-/m1/s1. The summed E-state index contributed by atoms with van der Waals surface area (Å²) in [6.07, 6.45) is 0. The van der Waals surface area contributed by atoms with E-state index in [0.717, 1.165) is 11.4 Å². The molecule has 1 atom stereocenters. The van der Waals surface area contributed by atoms with Crippen LogP contribution < -0.4 is 16.0 Å². The van der Waals surface area contributed by atoms with E-state index < -0.39 is 5.91 Å². The van der Waals surface area contributed by atoms with Gasteiger partial charge < -0.3 is 16.0 Å². The summed E-state index contributed by atoms with van der Waals surface area (Å²) in [5.41, 5.74) is 6.92. The summed E-state index contributed by atoms with van der Waals surface area (Å²) in [4.78, 5) is 25.1. The van der Waals surface area contributed by atoms with Crippen LogP contribution in [0.3, 0.4) is 0 Å². The fourth-order valence-corrected chi connectivity index (χ4v) is 4.63. The van der Waals surface area contributed by atoms with Crippen LogP contribution in [-0.2, 0) is 9.59 Å². The molecule has 0 saturated heterocycles. The van der Waals surface area contributed by atoms with Crippen LogP contribution in [0.5, 0.6) is 0 Å². The second kappa shape index (κ2) is 9.07. The summed E-state index contributed by atoms with van der Waals surface area (Å²) in [5.74, 6) is -0.343. The first kappa shape index (κ1) is 19.5. The van der Waals surface area contributed by atoms with Gasteiger partial charge in [-0.1, -0.05) is 34.9 Å². The number of nitrogens with one attached hydrogen (secondary N) is 1. The molecule has 0 saturated carbocycles. The van der Waals surface area contributed by atoms with Crippen LogP contribution in [0.15, 0.2) is 32.9 Å². The number of nitrogens with two attached hydrogens (primary N) is 1. The molecular weight excluding hydrogens is 378 g/mol. The average Bonchev–Trinajstić information content (AvgIpc) is 3.00. The number of carbonyl (C=O) groups is 2. The molecule has 0 fully saturated rings. The largest absolute Gasteiger partial charge is 0.378 e. The number of amides is 2. The van der Waals surface area contributed by atoms with Crippen LogP contribution in [0, 0.1) is 0 Å². The van der Waals surface area contributed by atoms with Gasteiger partial charge in [-0.05, 0) is 31.2 Å². The molecule has 2 aromatic rings. The molecule has 134 valence electrons. The summed E-state index contributed by atoms with van der Waals surface area (Å²) in [6, 6.07) is 7.63. The van der Waals surface area contributed by atoms with Crippen LogP contribution >= 0.6 is 34.9 Å². The predicted molar refractivity (Wildman–Crippen MR) is 105 cm³/mol. The number of hydrogen-bond donors (Lipinski definition) is 2. The Balaban J connectivity index is 1.88. The van der Waals surface area contributed by atoms with Gasteiger partial charge in [-0.3, -0.25) is 9.59 Å². The minimum atomic E-state index is -0.401. The molecule has 0 radical (unpaired) electrons. The molecule has 2 rings (SSSR count). The van der Waals surface area contributed by atoms with Gasteiger partial charge in [-0.15, -0.1) is 10.2 Å². The summed E-state index contributed by atoms with van der Waals surface area (Å²) in [6.45, 7) is 1.81. The van der Waals surface area contributed by atoms with Crippen molar-refractivity contribution in [2.24, 2.45) is 5.73 Å². The molecule has 3 N–H and O–H groups in total. The van der Waals surface area contributed by atoms with Crippen molar-refractivity contribution in [1.29, 1.82) is 0 Å². The second-order valence-corrected chi connectivity index (χ2v) is 9.07. The Hall–Kier alpha value is -1.78. The predicted octanol–water partition coefficient (Wildman–Crippen LogP) is 2.30. The lowest BCUT2D eigenvalue weighted by atomic mass is 10.2. The maximum atomic E-state index is 12.3. The highest BCUT2D eigenvalue weighted by Crippen LogP contribution is 2.31. The number of primary amides is 1.